The summed E-state index contributed by atoms with van der Waals surface area (Å²) in [7, 11) is 0. The van der Waals surface area contributed by atoms with Gasteiger partial charge in [-0.3, -0.25) is 0 Å². The Hall–Kier alpha value is -1.09. The first-order chi connectivity index (χ1) is 10.1. The minimum Gasteiger partial charge on any atom is -0.310 e. The molecular formula is C17H18Cl2FN. The number of rotatable bonds is 6. The summed E-state index contributed by atoms with van der Waals surface area (Å²) in [5, 5.41) is 4.32. The van der Waals surface area contributed by atoms with Crippen molar-refractivity contribution in [3.8, 4) is 0 Å². The van der Waals surface area contributed by atoms with Crippen LogP contribution >= 0.6 is 23.2 Å². The van der Waals surface area contributed by atoms with Crippen molar-refractivity contribution in [3.05, 3.63) is 69.5 Å². The van der Waals surface area contributed by atoms with Gasteiger partial charge in [-0.25, -0.2) is 4.39 Å². The van der Waals surface area contributed by atoms with Crippen molar-refractivity contribution >= 4 is 23.2 Å². The van der Waals surface area contributed by atoms with Crippen LogP contribution in [-0.2, 0) is 6.42 Å². The fourth-order valence-corrected chi connectivity index (χ4v) is 2.77. The first-order valence-electron chi connectivity index (χ1n) is 7.03. The van der Waals surface area contributed by atoms with Gasteiger partial charge in [-0.15, -0.1) is 0 Å². The lowest BCUT2D eigenvalue weighted by atomic mass is 9.98. The van der Waals surface area contributed by atoms with Gasteiger partial charge < -0.3 is 5.32 Å². The van der Waals surface area contributed by atoms with E-state index in [4.69, 9.17) is 23.2 Å². The van der Waals surface area contributed by atoms with Crippen molar-refractivity contribution in [1.29, 1.82) is 0 Å². The van der Waals surface area contributed by atoms with E-state index < -0.39 is 0 Å². The average molecular weight is 326 g/mol. The van der Waals surface area contributed by atoms with Crippen LogP contribution in [0.2, 0.25) is 10.0 Å². The van der Waals surface area contributed by atoms with Crippen molar-refractivity contribution in [2.45, 2.75) is 25.8 Å². The van der Waals surface area contributed by atoms with Crippen LogP contribution in [0.1, 0.15) is 30.5 Å². The third-order valence-electron chi connectivity index (χ3n) is 3.33. The van der Waals surface area contributed by atoms with E-state index in [1.165, 1.54) is 6.07 Å². The highest BCUT2D eigenvalue weighted by Gasteiger charge is 2.17. The van der Waals surface area contributed by atoms with Gasteiger partial charge in [0, 0.05) is 11.1 Å². The van der Waals surface area contributed by atoms with E-state index >= 15 is 0 Å². The van der Waals surface area contributed by atoms with Gasteiger partial charge in [0.15, 0.2) is 0 Å². The van der Waals surface area contributed by atoms with Crippen LogP contribution in [-0.4, -0.2) is 6.54 Å². The van der Waals surface area contributed by atoms with Crippen LogP contribution in [0.15, 0.2) is 42.5 Å². The molecule has 0 aliphatic heterocycles. The maximum absolute atomic E-state index is 13.7. The molecule has 2 rings (SSSR count). The van der Waals surface area contributed by atoms with Gasteiger partial charge in [0.25, 0.3) is 0 Å². The first kappa shape index (κ1) is 16.3. The number of halogens is 3. The number of benzene rings is 2. The molecule has 4 heteroatoms. The van der Waals surface area contributed by atoms with Crippen LogP contribution in [0.4, 0.5) is 4.39 Å². The van der Waals surface area contributed by atoms with Gasteiger partial charge >= 0.3 is 0 Å². The Morgan fingerprint density at radius 3 is 2.62 bits per heavy atom. The highest BCUT2D eigenvalue weighted by molar-refractivity contribution is 6.31. The lowest BCUT2D eigenvalue weighted by Gasteiger charge is -2.20. The van der Waals surface area contributed by atoms with Crippen molar-refractivity contribution in [1.82, 2.24) is 5.32 Å². The summed E-state index contributed by atoms with van der Waals surface area (Å²) in [6, 6.07) is 12.6. The summed E-state index contributed by atoms with van der Waals surface area (Å²) in [4.78, 5) is 0. The predicted octanol–water partition coefficient (Wildman–Crippen LogP) is 5.42. The molecule has 0 fully saturated rings. The van der Waals surface area contributed by atoms with Gasteiger partial charge in [0.05, 0.1) is 5.02 Å². The highest BCUT2D eigenvalue weighted by Crippen LogP contribution is 2.28. The summed E-state index contributed by atoms with van der Waals surface area (Å²) in [5.41, 5.74) is 1.88. The topological polar surface area (TPSA) is 12.0 Å². The smallest absolute Gasteiger partial charge is 0.142 e. The molecule has 0 aliphatic rings. The van der Waals surface area contributed by atoms with E-state index in [-0.39, 0.29) is 16.9 Å². The third-order valence-corrected chi connectivity index (χ3v) is 3.96. The van der Waals surface area contributed by atoms with Crippen molar-refractivity contribution in [2.75, 3.05) is 6.54 Å². The molecule has 0 spiro atoms. The molecule has 2 aromatic carbocycles. The molecular weight excluding hydrogens is 308 g/mol. The molecule has 0 amide bonds. The van der Waals surface area contributed by atoms with E-state index in [0.717, 1.165) is 24.1 Å². The molecule has 0 bridgehead atoms. The number of nitrogens with one attached hydrogen (secondary N) is 1. The maximum atomic E-state index is 13.7. The molecule has 0 aliphatic carbocycles. The van der Waals surface area contributed by atoms with Gasteiger partial charge in [0.1, 0.15) is 5.82 Å². The van der Waals surface area contributed by atoms with Crippen molar-refractivity contribution < 1.29 is 4.39 Å². The summed E-state index contributed by atoms with van der Waals surface area (Å²) in [6.45, 7) is 2.94. The summed E-state index contributed by atoms with van der Waals surface area (Å²) in [6.07, 6.45) is 1.71. The zero-order valence-corrected chi connectivity index (χ0v) is 13.4. The van der Waals surface area contributed by atoms with Crippen LogP contribution in [0.25, 0.3) is 0 Å². The monoisotopic (exact) mass is 325 g/mol. The molecule has 2 aromatic rings. The summed E-state index contributed by atoms with van der Waals surface area (Å²) >= 11 is 12.2. The zero-order valence-electron chi connectivity index (χ0n) is 11.9. The van der Waals surface area contributed by atoms with Crippen LogP contribution < -0.4 is 5.32 Å². The van der Waals surface area contributed by atoms with Gasteiger partial charge in [-0.1, -0.05) is 54.4 Å². The first-order valence-corrected chi connectivity index (χ1v) is 7.79. The summed E-state index contributed by atoms with van der Waals surface area (Å²) in [5.74, 6) is -0.386. The van der Waals surface area contributed by atoms with Gasteiger partial charge in [-0.05, 0) is 48.7 Å². The largest absolute Gasteiger partial charge is 0.310 e. The lowest BCUT2D eigenvalue weighted by Crippen LogP contribution is -2.24. The fourth-order valence-electron chi connectivity index (χ4n) is 2.30. The molecule has 0 aromatic heterocycles. The molecule has 21 heavy (non-hydrogen) atoms. The molecule has 112 valence electrons. The molecule has 0 saturated carbocycles. The second-order valence-corrected chi connectivity index (χ2v) is 5.80. The minimum absolute atomic E-state index is 0.0355. The Morgan fingerprint density at radius 2 is 1.90 bits per heavy atom. The average Bonchev–Trinajstić information content (AvgIpc) is 2.47. The normalized spacial score (nSPS) is 12.4. The van der Waals surface area contributed by atoms with E-state index in [9.17, 15) is 4.39 Å². The van der Waals surface area contributed by atoms with E-state index in [2.05, 4.69) is 12.2 Å². The van der Waals surface area contributed by atoms with Crippen LogP contribution in [0, 0.1) is 5.82 Å². The second-order valence-electron chi connectivity index (χ2n) is 4.98. The zero-order chi connectivity index (χ0) is 15.2. The lowest BCUT2D eigenvalue weighted by molar-refractivity contribution is 0.524. The standard InChI is InChI=1S/C17H18Cl2FN/c1-2-9-21-16(11-12-5-3-6-13(18)10-12)14-7-4-8-15(20)17(14)19/h3-8,10,16,21H,2,9,11H2,1H3. The molecule has 1 nitrogen and oxygen atoms in total. The summed E-state index contributed by atoms with van der Waals surface area (Å²) < 4.78 is 13.7. The molecule has 1 atom stereocenters. The number of hydrogen-bond acceptors (Lipinski definition) is 1. The Balaban J connectivity index is 2.27. The molecule has 1 unspecified atom stereocenters. The molecule has 1 N–H and O–H groups in total. The van der Waals surface area contributed by atoms with Gasteiger partial charge in [0.2, 0.25) is 0 Å². The minimum atomic E-state index is -0.386. The Kier molecular flexibility index (Phi) is 6.04. The second kappa shape index (κ2) is 7.79. The van der Waals surface area contributed by atoms with Crippen LogP contribution in [0.3, 0.4) is 0 Å². The predicted molar refractivity (Wildman–Crippen MR) is 87.6 cm³/mol. The highest BCUT2D eigenvalue weighted by atomic mass is 35.5. The Morgan fingerprint density at radius 1 is 1.14 bits per heavy atom. The quantitative estimate of drug-likeness (QED) is 0.748. The van der Waals surface area contributed by atoms with Crippen LogP contribution in [0.5, 0.6) is 0 Å². The molecule has 0 heterocycles. The number of hydrogen-bond donors (Lipinski definition) is 1. The maximum Gasteiger partial charge on any atom is 0.142 e. The molecule has 0 radical (unpaired) electrons. The fraction of sp³-hybridized carbons (Fsp3) is 0.294. The van der Waals surface area contributed by atoms with Gasteiger partial charge in [-0.2, -0.15) is 0 Å². The third kappa shape index (κ3) is 4.44. The Bertz CT molecular complexity index is 601. The van der Waals surface area contributed by atoms with Crippen molar-refractivity contribution in [3.63, 3.8) is 0 Å². The van der Waals surface area contributed by atoms with E-state index in [1.54, 1.807) is 6.07 Å². The molecule has 0 saturated heterocycles. The Labute approximate surface area is 135 Å². The SMILES string of the molecule is CCCNC(Cc1cccc(Cl)c1)c1cccc(F)c1Cl. The van der Waals surface area contributed by atoms with Crippen molar-refractivity contribution in [2.24, 2.45) is 0 Å². The van der Waals surface area contributed by atoms with E-state index in [0.29, 0.717) is 11.4 Å². The van der Waals surface area contributed by atoms with E-state index in [1.807, 2.05) is 30.3 Å².